The van der Waals surface area contributed by atoms with E-state index in [1.54, 1.807) is 6.08 Å². The highest BCUT2D eigenvalue weighted by atomic mass is 31.2. The Bertz CT molecular complexity index is 2740. The zero-order valence-electron chi connectivity index (χ0n) is 63.9. The van der Waals surface area contributed by atoms with Crippen LogP contribution >= 0.6 is 15.6 Å². The quantitative estimate of drug-likeness (QED) is 0.0169. The Morgan fingerprint density at radius 3 is 0.894 bits per heavy atom. The molecule has 0 rings (SSSR count). The first-order valence-corrected chi connectivity index (χ1v) is 41.7. The second-order valence-electron chi connectivity index (χ2n) is 24.8. The number of carbonyl (C=O) groups is 4. The van der Waals surface area contributed by atoms with Crippen molar-refractivity contribution in [1.82, 2.24) is 0 Å². The van der Waals surface area contributed by atoms with Crippen molar-refractivity contribution >= 4 is 39.5 Å². The highest BCUT2D eigenvalue weighted by molar-refractivity contribution is 7.47. The van der Waals surface area contributed by atoms with Gasteiger partial charge in [0.05, 0.1) is 32.8 Å². The van der Waals surface area contributed by atoms with E-state index in [0.29, 0.717) is 38.5 Å². The normalized spacial score (nSPS) is 15.0. The van der Waals surface area contributed by atoms with E-state index in [1.165, 1.54) is 51.4 Å². The summed E-state index contributed by atoms with van der Waals surface area (Å²) in [5, 5.41) is 10.6. The van der Waals surface area contributed by atoms with E-state index in [0.717, 1.165) is 116 Å². The number of phosphoric acid groups is 2. The van der Waals surface area contributed by atoms with Gasteiger partial charge in [0.15, 0.2) is 12.2 Å². The molecule has 0 radical (unpaired) electrons. The Morgan fingerprint density at radius 2 is 0.558 bits per heavy atom. The standard InChI is InChI=1S/C85H134O17P2/c1-5-9-13-17-21-25-29-33-36-38-39-41-43-47-50-54-58-62-66-70-83(88)96-76-81(102-85(90)72-68-64-60-56-52-48-44-40-37-34-30-26-22-18-14-10-6-2)78-100-104(93,94)98-74-79(86)73-97-103(91,92)99-77-80(101-84(89)71-67-63-59-55-51-45-32-28-24-20-16-12-8-4)75-95-82(87)69-65-61-57-53-49-46-42-35-31-27-23-19-15-11-7-3/h9-11,13-15,21-23,25-27,33-37,39,41-42,44,47-50,53,56,58,60-62,65,79-81,86H,5-8,12,16-20,24,28-32,38,40,43,45-46,51-52,54-55,57,59,63-64,66-78H2,1-4H3,(H,91,92)(H,93,94)/b13-9-,14-10-,15-11-,25-21-,26-22-,27-23-,36-33-,37-34-,41-39-,42-35-,48-44-,50-47-,53-49-,60-56-,62-58-,65-61-. The van der Waals surface area contributed by atoms with Gasteiger partial charge in [0, 0.05) is 19.3 Å². The smallest absolute Gasteiger partial charge is 0.462 e. The molecule has 3 N–H and O–H groups in total. The lowest BCUT2D eigenvalue weighted by atomic mass is 10.0. The summed E-state index contributed by atoms with van der Waals surface area (Å²) in [7, 11) is -10.0. The van der Waals surface area contributed by atoms with E-state index in [2.05, 4.69) is 167 Å². The van der Waals surface area contributed by atoms with Gasteiger partial charge in [-0.05, 0) is 128 Å². The number of carbonyl (C=O) groups excluding carboxylic acids is 4. The van der Waals surface area contributed by atoms with Crippen molar-refractivity contribution in [2.24, 2.45) is 0 Å². The van der Waals surface area contributed by atoms with Crippen molar-refractivity contribution in [3.8, 4) is 0 Å². The van der Waals surface area contributed by atoms with Gasteiger partial charge in [0.25, 0.3) is 0 Å². The van der Waals surface area contributed by atoms with E-state index in [4.69, 9.17) is 37.0 Å². The van der Waals surface area contributed by atoms with Gasteiger partial charge in [-0.3, -0.25) is 37.3 Å². The van der Waals surface area contributed by atoms with Crippen LogP contribution in [-0.4, -0.2) is 96.7 Å². The molecule has 19 heteroatoms. The lowest BCUT2D eigenvalue weighted by Gasteiger charge is -2.21. The van der Waals surface area contributed by atoms with Crippen molar-refractivity contribution in [2.45, 2.75) is 277 Å². The molecule has 0 heterocycles. The fraction of sp³-hybridized carbons (Fsp3) is 0.576. The lowest BCUT2D eigenvalue weighted by Crippen LogP contribution is -2.30. The third-order valence-corrected chi connectivity index (χ3v) is 17.0. The van der Waals surface area contributed by atoms with E-state index < -0.39 is 97.5 Å². The van der Waals surface area contributed by atoms with Crippen LogP contribution in [0.3, 0.4) is 0 Å². The molecule has 0 aliphatic heterocycles. The van der Waals surface area contributed by atoms with Crippen LogP contribution in [0.15, 0.2) is 194 Å². The van der Waals surface area contributed by atoms with Crippen LogP contribution in [0.1, 0.15) is 259 Å². The van der Waals surface area contributed by atoms with E-state index in [9.17, 15) is 43.2 Å². The number of aliphatic hydroxyl groups is 1. The van der Waals surface area contributed by atoms with E-state index in [-0.39, 0.29) is 25.7 Å². The highest BCUT2D eigenvalue weighted by Crippen LogP contribution is 2.45. The Kier molecular flexibility index (Phi) is 70.7. The number of phosphoric ester groups is 2. The molecule has 0 aromatic heterocycles. The van der Waals surface area contributed by atoms with Crippen LogP contribution in [0, 0.1) is 0 Å². The van der Waals surface area contributed by atoms with Gasteiger partial charge in [-0.15, -0.1) is 0 Å². The molecule has 586 valence electrons. The number of rotatable bonds is 70. The number of hydrogen-bond donors (Lipinski definition) is 3. The second-order valence-corrected chi connectivity index (χ2v) is 27.7. The molecule has 0 fully saturated rings. The molecule has 0 aliphatic carbocycles. The summed E-state index contributed by atoms with van der Waals surface area (Å²) in [5.41, 5.74) is 0. The van der Waals surface area contributed by atoms with Gasteiger partial charge >= 0.3 is 39.5 Å². The van der Waals surface area contributed by atoms with Crippen molar-refractivity contribution in [1.29, 1.82) is 0 Å². The number of allylic oxidation sites excluding steroid dienone is 31. The predicted molar refractivity (Wildman–Crippen MR) is 426 cm³/mol. The average molecular weight is 1490 g/mol. The number of aliphatic hydroxyl groups excluding tert-OH is 1. The van der Waals surface area contributed by atoms with Crippen molar-refractivity contribution in [3.63, 3.8) is 0 Å². The predicted octanol–water partition coefficient (Wildman–Crippen LogP) is 22.5. The second kappa shape index (κ2) is 75.1. The first-order chi connectivity index (χ1) is 50.7. The van der Waals surface area contributed by atoms with Gasteiger partial charge in [-0.1, -0.05) is 299 Å². The highest BCUT2D eigenvalue weighted by Gasteiger charge is 2.30. The van der Waals surface area contributed by atoms with Crippen LogP contribution in [0.2, 0.25) is 0 Å². The van der Waals surface area contributed by atoms with Crippen LogP contribution in [0.25, 0.3) is 0 Å². The molecule has 5 unspecified atom stereocenters. The molecular weight excluding hydrogens is 1350 g/mol. The lowest BCUT2D eigenvalue weighted by molar-refractivity contribution is -0.161. The Hall–Kier alpha value is -6.10. The van der Waals surface area contributed by atoms with Gasteiger partial charge in [0.2, 0.25) is 0 Å². The maximum Gasteiger partial charge on any atom is 0.472 e. The largest absolute Gasteiger partial charge is 0.472 e. The minimum atomic E-state index is -5.02. The molecule has 5 atom stereocenters. The van der Waals surface area contributed by atoms with Crippen LogP contribution in [-0.2, 0) is 65.4 Å². The van der Waals surface area contributed by atoms with Gasteiger partial charge in [0.1, 0.15) is 19.3 Å². The number of esters is 4. The Morgan fingerprint density at radius 1 is 0.288 bits per heavy atom. The molecule has 0 bridgehead atoms. The zero-order chi connectivity index (χ0) is 76.0. The summed E-state index contributed by atoms with van der Waals surface area (Å²) in [6, 6.07) is 0. The van der Waals surface area contributed by atoms with Gasteiger partial charge < -0.3 is 33.8 Å². The zero-order valence-corrected chi connectivity index (χ0v) is 65.6. The van der Waals surface area contributed by atoms with Gasteiger partial charge in [-0.2, -0.15) is 0 Å². The summed E-state index contributed by atoms with van der Waals surface area (Å²) in [5.74, 6) is -2.51. The third-order valence-electron chi connectivity index (χ3n) is 15.1. The number of unbranched alkanes of at least 4 members (excludes halogenated alkanes) is 13. The topological polar surface area (TPSA) is 237 Å². The number of ether oxygens (including phenoxy) is 4. The Balaban J connectivity index is 5.56. The molecule has 0 aliphatic rings. The molecular formula is C85H134O17P2. The van der Waals surface area contributed by atoms with Crippen LogP contribution < -0.4 is 0 Å². The SMILES string of the molecule is CC/C=C\C/C=C\C/C=C\C/C=C\C/C=C\C/C=C\CCC(=O)OCC(COP(=O)(O)OCC(O)COP(=O)(O)OCC(COC(=O)C/C=C\C/C=C\C/C=C\C/C=C\C/C=C\CC)OC(=O)CCCCCCCCCCCCCCC)OC(=O)CCC/C=C\C/C=C\C/C=C\C/C=C\C/C=C\CC. The van der Waals surface area contributed by atoms with Crippen molar-refractivity contribution in [2.75, 3.05) is 39.6 Å². The fourth-order valence-electron chi connectivity index (χ4n) is 9.35. The maximum absolute atomic E-state index is 13.1. The summed E-state index contributed by atoms with van der Waals surface area (Å²) in [6.45, 7) is 4.23. The first-order valence-electron chi connectivity index (χ1n) is 38.7. The fourth-order valence-corrected chi connectivity index (χ4v) is 10.9. The number of hydrogen-bond acceptors (Lipinski definition) is 15. The summed E-state index contributed by atoms with van der Waals surface area (Å²) in [6.07, 6.45) is 91.9. The first kappa shape index (κ1) is 97.9. The summed E-state index contributed by atoms with van der Waals surface area (Å²) in [4.78, 5) is 72.8. The molecule has 17 nitrogen and oxygen atoms in total. The molecule has 0 aromatic rings. The molecule has 104 heavy (non-hydrogen) atoms. The minimum absolute atomic E-state index is 0.00936. The molecule has 0 saturated carbocycles. The minimum Gasteiger partial charge on any atom is -0.462 e. The van der Waals surface area contributed by atoms with Crippen LogP contribution in [0.5, 0.6) is 0 Å². The molecule has 0 saturated heterocycles. The maximum atomic E-state index is 13.1. The van der Waals surface area contributed by atoms with E-state index in [1.807, 2.05) is 48.6 Å². The van der Waals surface area contributed by atoms with Gasteiger partial charge in [-0.25, -0.2) is 9.13 Å². The summed E-state index contributed by atoms with van der Waals surface area (Å²) >= 11 is 0. The van der Waals surface area contributed by atoms with Crippen molar-refractivity contribution in [3.05, 3.63) is 194 Å². The monoisotopic (exact) mass is 1490 g/mol. The average Bonchev–Trinajstić information content (AvgIpc) is 0.911. The van der Waals surface area contributed by atoms with E-state index >= 15 is 0 Å². The third kappa shape index (κ3) is 74.2. The molecule has 0 amide bonds. The van der Waals surface area contributed by atoms with Crippen molar-refractivity contribution < 1.29 is 80.2 Å². The van der Waals surface area contributed by atoms with Crippen LogP contribution in [0.4, 0.5) is 0 Å². The molecule has 0 spiro atoms. The molecule has 0 aromatic carbocycles. The summed E-state index contributed by atoms with van der Waals surface area (Å²) < 4.78 is 68.2. The Labute approximate surface area is 627 Å².